The Bertz CT molecular complexity index is 1070. The maximum atomic E-state index is 12.2. The number of amides is 1. The summed E-state index contributed by atoms with van der Waals surface area (Å²) < 4.78 is 5.93. The number of rotatable bonds is 9. The fraction of sp³-hybridized carbons (Fsp3) is 0.269. The lowest BCUT2D eigenvalue weighted by Crippen LogP contribution is -2.38. The van der Waals surface area contributed by atoms with E-state index in [1.165, 1.54) is 0 Å². The predicted molar refractivity (Wildman–Crippen MR) is 147 cm³/mol. The molecule has 1 amide bonds. The molecule has 3 rings (SSSR count). The van der Waals surface area contributed by atoms with Crippen LogP contribution in [0.1, 0.15) is 27.0 Å². The Morgan fingerprint density at radius 3 is 2.50 bits per heavy atom. The summed E-state index contributed by atoms with van der Waals surface area (Å²) >= 11 is 0. The fourth-order valence-corrected chi connectivity index (χ4v) is 3.26. The summed E-state index contributed by atoms with van der Waals surface area (Å²) in [6.07, 6.45) is 2.50. The Morgan fingerprint density at radius 2 is 1.76 bits per heavy atom. The minimum Gasteiger partial charge on any atom is -0.473 e. The zero-order valence-corrected chi connectivity index (χ0v) is 22.2. The van der Waals surface area contributed by atoms with Crippen LogP contribution in [0.4, 0.5) is 0 Å². The molecule has 0 aliphatic heterocycles. The molecule has 1 aromatic heterocycles. The highest BCUT2D eigenvalue weighted by Crippen LogP contribution is 2.16. The van der Waals surface area contributed by atoms with Crippen LogP contribution in [0.15, 0.2) is 77.9 Å². The molecule has 2 N–H and O–H groups in total. The Hall–Kier alpha value is -3.14. The molecule has 0 aliphatic rings. The van der Waals surface area contributed by atoms with E-state index in [0.29, 0.717) is 37.1 Å². The molecule has 0 aliphatic carbocycles. The van der Waals surface area contributed by atoms with Crippen LogP contribution in [0.2, 0.25) is 0 Å². The molecule has 0 fully saturated rings. The van der Waals surface area contributed by atoms with Gasteiger partial charge in [0.05, 0.1) is 0 Å². The van der Waals surface area contributed by atoms with E-state index in [9.17, 15) is 4.79 Å². The third-order valence-electron chi connectivity index (χ3n) is 5.02. The summed E-state index contributed by atoms with van der Waals surface area (Å²) in [5, 5.41) is 6.63. The van der Waals surface area contributed by atoms with Crippen molar-refractivity contribution in [3.63, 3.8) is 0 Å². The number of aliphatic imine (C=N–C) groups is 1. The number of guanidine groups is 1. The number of halogens is 1. The molecule has 0 radical (unpaired) electrons. The molecule has 0 saturated heterocycles. The van der Waals surface area contributed by atoms with Gasteiger partial charge in [0.15, 0.2) is 5.96 Å². The van der Waals surface area contributed by atoms with Gasteiger partial charge in [-0.2, -0.15) is 0 Å². The van der Waals surface area contributed by atoms with Gasteiger partial charge in [-0.15, -0.1) is 24.0 Å². The average Bonchev–Trinajstić information content (AvgIpc) is 2.85. The number of carbonyl (C=O) groups excluding carboxylic acids is 1. The number of hydrogen-bond donors (Lipinski definition) is 2. The number of nitrogens with zero attached hydrogens (tertiary/aromatic N) is 3. The third-order valence-corrected chi connectivity index (χ3v) is 5.02. The molecule has 0 spiro atoms. The van der Waals surface area contributed by atoms with Crippen molar-refractivity contribution in [2.75, 3.05) is 27.7 Å². The predicted octanol–water partition coefficient (Wildman–Crippen LogP) is 3.89. The lowest BCUT2D eigenvalue weighted by Gasteiger charge is -2.15. The second-order valence-electron chi connectivity index (χ2n) is 7.74. The quantitative estimate of drug-likeness (QED) is 0.231. The topological polar surface area (TPSA) is 78.9 Å². The number of nitrogens with one attached hydrogen (secondary N) is 2. The van der Waals surface area contributed by atoms with E-state index in [0.717, 1.165) is 23.1 Å². The summed E-state index contributed by atoms with van der Waals surface area (Å²) in [6.45, 7) is 1.68. The Balaban J connectivity index is 0.00000408. The van der Waals surface area contributed by atoms with Crippen LogP contribution in [0.3, 0.4) is 0 Å². The number of aromatic nitrogens is 1. The molecule has 7 nitrogen and oxygen atoms in total. The van der Waals surface area contributed by atoms with Gasteiger partial charge in [-0.1, -0.05) is 48.5 Å². The first kappa shape index (κ1) is 27.1. The van der Waals surface area contributed by atoms with E-state index in [2.05, 4.69) is 20.6 Å². The molecule has 0 unspecified atom stereocenters. The second kappa shape index (κ2) is 14.2. The second-order valence-corrected chi connectivity index (χ2v) is 7.74. The molecule has 2 aromatic carbocycles. The van der Waals surface area contributed by atoms with Crippen LogP contribution in [-0.4, -0.2) is 49.4 Å². The Labute approximate surface area is 218 Å². The molecule has 34 heavy (non-hydrogen) atoms. The summed E-state index contributed by atoms with van der Waals surface area (Å²) in [4.78, 5) is 22.4. The van der Waals surface area contributed by atoms with E-state index in [-0.39, 0.29) is 29.9 Å². The first-order chi connectivity index (χ1) is 16.1. The zero-order chi connectivity index (χ0) is 23.5. The summed E-state index contributed by atoms with van der Waals surface area (Å²) in [7, 11) is 5.25. The highest BCUT2D eigenvalue weighted by atomic mass is 127. The molecule has 0 saturated carbocycles. The number of pyridine rings is 1. The molecule has 1 heterocycles. The molecular formula is C26H32IN5O2. The average molecular weight is 573 g/mol. The molecule has 3 aromatic rings. The molecular weight excluding hydrogens is 541 g/mol. The number of hydrogen-bond acceptors (Lipinski definition) is 4. The zero-order valence-electron chi connectivity index (χ0n) is 19.8. The van der Waals surface area contributed by atoms with Gasteiger partial charge in [-0.3, -0.25) is 9.79 Å². The summed E-state index contributed by atoms with van der Waals surface area (Å²) in [6, 6.07) is 21.6. The molecule has 0 bridgehead atoms. The highest BCUT2D eigenvalue weighted by molar-refractivity contribution is 14.0. The number of ether oxygens (including phenoxy) is 1. The van der Waals surface area contributed by atoms with Crippen LogP contribution in [0, 0.1) is 0 Å². The monoisotopic (exact) mass is 573 g/mol. The van der Waals surface area contributed by atoms with Gasteiger partial charge in [0.1, 0.15) is 6.61 Å². The minimum absolute atomic E-state index is 0. The standard InChI is InChI=1S/C26H31N5O2.HI/c1-27-26(29-16-14-20-11-7-12-22(17-20)25(32)31(2)3)30-18-23-13-8-15-28-24(23)33-19-21-9-5-4-6-10-21;/h4-13,15,17H,14,16,18-19H2,1-3H3,(H2,27,29,30);1H. The first-order valence-corrected chi connectivity index (χ1v) is 10.9. The van der Waals surface area contributed by atoms with E-state index >= 15 is 0 Å². The van der Waals surface area contributed by atoms with Crippen molar-refractivity contribution < 1.29 is 9.53 Å². The number of carbonyl (C=O) groups is 1. The number of benzene rings is 2. The van der Waals surface area contributed by atoms with Crippen LogP contribution in [0.5, 0.6) is 5.88 Å². The van der Waals surface area contributed by atoms with Crippen LogP contribution >= 0.6 is 24.0 Å². The first-order valence-electron chi connectivity index (χ1n) is 10.9. The lowest BCUT2D eigenvalue weighted by atomic mass is 10.1. The van der Waals surface area contributed by atoms with Gasteiger partial charge in [0.25, 0.3) is 5.91 Å². The van der Waals surface area contributed by atoms with Gasteiger partial charge in [0.2, 0.25) is 5.88 Å². The largest absolute Gasteiger partial charge is 0.473 e. The lowest BCUT2D eigenvalue weighted by molar-refractivity contribution is 0.0827. The van der Waals surface area contributed by atoms with Crippen LogP contribution in [0.25, 0.3) is 0 Å². The highest BCUT2D eigenvalue weighted by Gasteiger charge is 2.09. The fourth-order valence-electron chi connectivity index (χ4n) is 3.26. The SMILES string of the molecule is CN=C(NCCc1cccc(C(=O)N(C)C)c1)NCc1cccnc1OCc1ccccc1.I. The van der Waals surface area contributed by atoms with E-state index in [4.69, 9.17) is 4.74 Å². The Kier molecular flexibility index (Phi) is 11.3. The maximum Gasteiger partial charge on any atom is 0.253 e. The van der Waals surface area contributed by atoms with Crippen molar-refractivity contribution in [1.29, 1.82) is 0 Å². The van der Waals surface area contributed by atoms with Crippen molar-refractivity contribution in [3.05, 3.63) is 95.2 Å². The van der Waals surface area contributed by atoms with Gasteiger partial charge >= 0.3 is 0 Å². The van der Waals surface area contributed by atoms with Crippen molar-refractivity contribution in [2.45, 2.75) is 19.6 Å². The molecule has 180 valence electrons. The summed E-state index contributed by atoms with van der Waals surface area (Å²) in [5.41, 5.74) is 3.83. The smallest absolute Gasteiger partial charge is 0.253 e. The van der Waals surface area contributed by atoms with Crippen molar-refractivity contribution in [2.24, 2.45) is 4.99 Å². The van der Waals surface area contributed by atoms with Crippen molar-refractivity contribution in [3.8, 4) is 5.88 Å². The van der Waals surface area contributed by atoms with Crippen LogP contribution < -0.4 is 15.4 Å². The minimum atomic E-state index is 0. The van der Waals surface area contributed by atoms with E-state index < -0.39 is 0 Å². The third kappa shape index (κ3) is 8.33. The van der Waals surface area contributed by atoms with Gasteiger partial charge < -0.3 is 20.3 Å². The Morgan fingerprint density at radius 1 is 1.00 bits per heavy atom. The van der Waals surface area contributed by atoms with E-state index in [1.807, 2.05) is 66.7 Å². The van der Waals surface area contributed by atoms with Gasteiger partial charge in [-0.25, -0.2) is 4.98 Å². The van der Waals surface area contributed by atoms with Crippen molar-refractivity contribution in [1.82, 2.24) is 20.5 Å². The summed E-state index contributed by atoms with van der Waals surface area (Å²) in [5.74, 6) is 1.30. The maximum absolute atomic E-state index is 12.2. The van der Waals surface area contributed by atoms with Crippen LogP contribution in [-0.2, 0) is 19.6 Å². The van der Waals surface area contributed by atoms with Gasteiger partial charge in [0, 0.05) is 51.6 Å². The van der Waals surface area contributed by atoms with E-state index in [1.54, 1.807) is 32.2 Å². The molecule has 0 atom stereocenters. The van der Waals surface area contributed by atoms with Crippen molar-refractivity contribution >= 4 is 35.8 Å². The normalized spacial score (nSPS) is 10.7. The van der Waals surface area contributed by atoms with Gasteiger partial charge in [-0.05, 0) is 35.7 Å². The molecule has 8 heteroatoms.